The first kappa shape index (κ1) is 14.9. The van der Waals surface area contributed by atoms with Crippen LogP contribution in [0.4, 0.5) is 0 Å². The van der Waals surface area contributed by atoms with Crippen molar-refractivity contribution in [1.29, 1.82) is 0 Å². The Morgan fingerprint density at radius 3 is 2.37 bits per heavy atom. The van der Waals surface area contributed by atoms with Gasteiger partial charge in [0.1, 0.15) is 5.75 Å². The molecule has 0 amide bonds. The van der Waals surface area contributed by atoms with Crippen LogP contribution in [-0.2, 0) is 6.54 Å². The summed E-state index contributed by atoms with van der Waals surface area (Å²) in [6, 6.07) is 6.14. The van der Waals surface area contributed by atoms with E-state index in [1.54, 1.807) is 7.11 Å². The zero-order valence-corrected chi connectivity index (χ0v) is 14.1. The van der Waals surface area contributed by atoms with Gasteiger partial charge < -0.3 is 10.1 Å². The molecule has 1 saturated carbocycles. The SMILES string of the molecule is COc1ccc(Br)cc1CNCC1C(C)(C)C1(C)C. The van der Waals surface area contributed by atoms with E-state index in [4.69, 9.17) is 4.74 Å². The highest BCUT2D eigenvalue weighted by atomic mass is 79.9. The smallest absolute Gasteiger partial charge is 0.123 e. The van der Waals surface area contributed by atoms with Gasteiger partial charge in [-0.05, 0) is 41.5 Å². The summed E-state index contributed by atoms with van der Waals surface area (Å²) in [5.74, 6) is 1.70. The third kappa shape index (κ3) is 2.68. The first-order valence-electron chi connectivity index (χ1n) is 6.84. The van der Waals surface area contributed by atoms with Crippen LogP contribution >= 0.6 is 15.9 Å². The standard InChI is InChI=1S/C16H24BrNO/c1-15(2)14(16(15,3)4)10-18-9-11-8-12(17)6-7-13(11)19-5/h6-8,14,18H,9-10H2,1-5H3. The highest BCUT2D eigenvalue weighted by molar-refractivity contribution is 9.10. The third-order valence-electron chi connectivity index (χ3n) is 5.23. The lowest BCUT2D eigenvalue weighted by molar-refractivity contribution is 0.406. The lowest BCUT2D eigenvalue weighted by Crippen LogP contribution is -2.19. The predicted molar refractivity (Wildman–Crippen MR) is 83.5 cm³/mol. The highest BCUT2D eigenvalue weighted by Crippen LogP contribution is 2.67. The van der Waals surface area contributed by atoms with E-state index in [1.807, 2.05) is 12.1 Å². The first-order chi connectivity index (χ1) is 8.80. The van der Waals surface area contributed by atoms with Gasteiger partial charge in [0.2, 0.25) is 0 Å². The molecule has 0 radical (unpaired) electrons. The molecule has 0 bridgehead atoms. The molecular formula is C16H24BrNO. The molecule has 1 N–H and O–H groups in total. The predicted octanol–water partition coefficient (Wildman–Crippen LogP) is 4.23. The summed E-state index contributed by atoms with van der Waals surface area (Å²) in [7, 11) is 1.72. The third-order valence-corrected chi connectivity index (χ3v) is 5.72. The van der Waals surface area contributed by atoms with Crippen molar-refractivity contribution >= 4 is 15.9 Å². The number of halogens is 1. The van der Waals surface area contributed by atoms with Gasteiger partial charge in [-0.25, -0.2) is 0 Å². The molecule has 1 aromatic carbocycles. The molecule has 2 rings (SSSR count). The van der Waals surface area contributed by atoms with Crippen molar-refractivity contribution in [3.8, 4) is 5.75 Å². The van der Waals surface area contributed by atoms with Crippen LogP contribution < -0.4 is 10.1 Å². The largest absolute Gasteiger partial charge is 0.496 e. The van der Waals surface area contributed by atoms with Crippen LogP contribution in [0.15, 0.2) is 22.7 Å². The van der Waals surface area contributed by atoms with Crippen LogP contribution in [0.5, 0.6) is 5.75 Å². The van der Waals surface area contributed by atoms with Crippen LogP contribution in [0.1, 0.15) is 33.3 Å². The highest BCUT2D eigenvalue weighted by Gasteiger charge is 2.63. The summed E-state index contributed by atoms with van der Waals surface area (Å²) in [6.45, 7) is 11.4. The van der Waals surface area contributed by atoms with E-state index in [-0.39, 0.29) is 0 Å². The number of nitrogens with one attached hydrogen (secondary N) is 1. The molecule has 106 valence electrons. The Hall–Kier alpha value is -0.540. The van der Waals surface area contributed by atoms with Crippen molar-refractivity contribution in [2.45, 2.75) is 34.2 Å². The Bertz CT molecular complexity index is 454. The van der Waals surface area contributed by atoms with Crippen LogP contribution in [0.2, 0.25) is 0 Å². The quantitative estimate of drug-likeness (QED) is 0.874. The van der Waals surface area contributed by atoms with Gasteiger partial charge in [-0.15, -0.1) is 0 Å². The summed E-state index contributed by atoms with van der Waals surface area (Å²) in [4.78, 5) is 0. The number of hydrogen-bond donors (Lipinski definition) is 1. The molecule has 0 spiro atoms. The number of methoxy groups -OCH3 is 1. The Morgan fingerprint density at radius 1 is 1.21 bits per heavy atom. The molecule has 2 nitrogen and oxygen atoms in total. The topological polar surface area (TPSA) is 21.3 Å². The molecule has 0 aromatic heterocycles. The summed E-state index contributed by atoms with van der Waals surface area (Å²) < 4.78 is 6.49. The van der Waals surface area contributed by atoms with Gasteiger partial charge in [0.05, 0.1) is 7.11 Å². The van der Waals surface area contributed by atoms with Crippen LogP contribution in [0.25, 0.3) is 0 Å². The Morgan fingerprint density at radius 2 is 1.84 bits per heavy atom. The number of rotatable bonds is 5. The fourth-order valence-corrected chi connectivity index (χ4v) is 3.49. The van der Waals surface area contributed by atoms with Crippen molar-refractivity contribution < 1.29 is 4.74 Å². The Labute approximate surface area is 125 Å². The van der Waals surface area contributed by atoms with Gasteiger partial charge in [-0.3, -0.25) is 0 Å². The average molecular weight is 326 g/mol. The molecule has 1 fully saturated rings. The van der Waals surface area contributed by atoms with Crippen molar-refractivity contribution in [3.05, 3.63) is 28.2 Å². The zero-order chi connectivity index (χ0) is 14.3. The summed E-state index contributed by atoms with van der Waals surface area (Å²) in [6.07, 6.45) is 0. The summed E-state index contributed by atoms with van der Waals surface area (Å²) in [5, 5.41) is 3.58. The number of hydrogen-bond acceptors (Lipinski definition) is 2. The van der Waals surface area contributed by atoms with Crippen molar-refractivity contribution in [2.24, 2.45) is 16.7 Å². The molecule has 1 aliphatic rings. The van der Waals surface area contributed by atoms with Gasteiger partial charge >= 0.3 is 0 Å². The molecular weight excluding hydrogens is 302 g/mol. The minimum absolute atomic E-state index is 0.446. The second-order valence-corrected chi connectivity index (χ2v) is 7.50. The maximum absolute atomic E-state index is 5.39. The van der Waals surface area contributed by atoms with E-state index < -0.39 is 0 Å². The first-order valence-corrected chi connectivity index (χ1v) is 7.63. The van der Waals surface area contributed by atoms with Crippen molar-refractivity contribution in [3.63, 3.8) is 0 Å². The second-order valence-electron chi connectivity index (χ2n) is 6.58. The molecule has 0 atom stereocenters. The summed E-state index contributed by atoms with van der Waals surface area (Å²) >= 11 is 3.51. The Balaban J connectivity index is 1.92. The Kier molecular flexibility index (Phi) is 3.99. The van der Waals surface area contributed by atoms with E-state index in [9.17, 15) is 0 Å². The van der Waals surface area contributed by atoms with E-state index in [2.05, 4.69) is 55.0 Å². The van der Waals surface area contributed by atoms with Crippen LogP contribution in [0, 0.1) is 16.7 Å². The van der Waals surface area contributed by atoms with E-state index in [0.717, 1.165) is 29.2 Å². The molecule has 0 unspecified atom stereocenters. The number of benzene rings is 1. The van der Waals surface area contributed by atoms with Gasteiger partial charge in [0.25, 0.3) is 0 Å². The minimum atomic E-state index is 0.446. The molecule has 1 aromatic rings. The maximum Gasteiger partial charge on any atom is 0.123 e. The fraction of sp³-hybridized carbons (Fsp3) is 0.625. The number of ether oxygens (including phenoxy) is 1. The summed E-state index contributed by atoms with van der Waals surface area (Å²) in [5.41, 5.74) is 2.09. The maximum atomic E-state index is 5.39. The monoisotopic (exact) mass is 325 g/mol. The molecule has 3 heteroatoms. The zero-order valence-electron chi connectivity index (χ0n) is 12.5. The lowest BCUT2D eigenvalue weighted by Gasteiger charge is -2.11. The molecule has 19 heavy (non-hydrogen) atoms. The van der Waals surface area contributed by atoms with Crippen LogP contribution in [0.3, 0.4) is 0 Å². The van der Waals surface area contributed by atoms with Crippen molar-refractivity contribution in [1.82, 2.24) is 5.32 Å². The van der Waals surface area contributed by atoms with Gasteiger partial charge in [-0.2, -0.15) is 0 Å². The van der Waals surface area contributed by atoms with Gasteiger partial charge in [0, 0.05) is 16.6 Å². The van der Waals surface area contributed by atoms with E-state index in [0.29, 0.717) is 10.8 Å². The van der Waals surface area contributed by atoms with Crippen LogP contribution in [-0.4, -0.2) is 13.7 Å². The minimum Gasteiger partial charge on any atom is -0.496 e. The molecule has 0 aliphatic heterocycles. The lowest BCUT2D eigenvalue weighted by atomic mass is 10.0. The molecule has 1 aliphatic carbocycles. The van der Waals surface area contributed by atoms with E-state index in [1.165, 1.54) is 5.56 Å². The van der Waals surface area contributed by atoms with E-state index >= 15 is 0 Å². The van der Waals surface area contributed by atoms with Gasteiger partial charge in [0.15, 0.2) is 0 Å². The second kappa shape index (κ2) is 5.10. The van der Waals surface area contributed by atoms with Gasteiger partial charge in [-0.1, -0.05) is 43.6 Å². The molecule has 0 saturated heterocycles. The fourth-order valence-electron chi connectivity index (χ4n) is 3.08. The normalized spacial score (nSPS) is 20.3. The molecule has 0 heterocycles. The van der Waals surface area contributed by atoms with Crippen molar-refractivity contribution in [2.75, 3.05) is 13.7 Å². The average Bonchev–Trinajstić information content (AvgIpc) is 2.71.